The minimum Gasteiger partial charge on any atom is -0.486 e. The second kappa shape index (κ2) is 8.51. The summed E-state index contributed by atoms with van der Waals surface area (Å²) >= 11 is 9.45. The van der Waals surface area contributed by atoms with Crippen LogP contribution in [0.4, 0.5) is 5.69 Å². The molecule has 0 unspecified atom stereocenters. The molecule has 0 aliphatic rings. The molecule has 0 atom stereocenters. The molecule has 2 rings (SSSR count). The molecule has 2 aromatic carbocycles. The van der Waals surface area contributed by atoms with Gasteiger partial charge in [-0.1, -0.05) is 17.5 Å². The van der Waals surface area contributed by atoms with Crippen molar-refractivity contribution in [2.45, 2.75) is 6.61 Å². The maximum Gasteiger partial charge on any atom is 0.339 e. The second-order valence-corrected chi connectivity index (χ2v) is 6.02. The van der Waals surface area contributed by atoms with Crippen molar-refractivity contribution in [3.8, 4) is 18.1 Å². The number of hydrogen-bond acceptors (Lipinski definition) is 5. The van der Waals surface area contributed by atoms with Crippen molar-refractivity contribution in [2.75, 3.05) is 6.61 Å². The van der Waals surface area contributed by atoms with E-state index in [1.807, 2.05) is 0 Å². The number of rotatable bonds is 6. The standard InChI is InChI=1S/C17H11BrClNO5/c1-2-7-24-17(21)12-8-14(18)16(15(19)9-12)25-10-11-3-5-13(6-4-11)20(22)23/h1,3-6,8-9H,7,10H2. The van der Waals surface area contributed by atoms with E-state index in [0.717, 1.165) is 5.56 Å². The summed E-state index contributed by atoms with van der Waals surface area (Å²) in [5.74, 6) is 1.95. The van der Waals surface area contributed by atoms with Crippen LogP contribution in [0.2, 0.25) is 5.02 Å². The highest BCUT2D eigenvalue weighted by Crippen LogP contribution is 2.35. The fourth-order valence-corrected chi connectivity index (χ4v) is 2.84. The number of ether oxygens (including phenoxy) is 2. The van der Waals surface area contributed by atoms with Gasteiger partial charge in [-0.3, -0.25) is 10.1 Å². The van der Waals surface area contributed by atoms with Gasteiger partial charge in [0.25, 0.3) is 5.69 Å². The van der Waals surface area contributed by atoms with Gasteiger partial charge in [-0.05, 0) is 45.8 Å². The molecular formula is C17H11BrClNO5. The van der Waals surface area contributed by atoms with Crippen LogP contribution in [0.25, 0.3) is 0 Å². The van der Waals surface area contributed by atoms with Crippen LogP contribution in [0.15, 0.2) is 40.9 Å². The Morgan fingerprint density at radius 2 is 2.00 bits per heavy atom. The number of halogens is 2. The first-order chi connectivity index (χ1) is 11.9. The predicted octanol–water partition coefficient (Wildman–Crippen LogP) is 4.38. The summed E-state index contributed by atoms with van der Waals surface area (Å²) in [7, 11) is 0. The Kier molecular flexibility index (Phi) is 6.39. The number of nitro benzene ring substituents is 1. The third kappa shape index (κ3) is 4.95. The highest BCUT2D eigenvalue weighted by atomic mass is 79.9. The topological polar surface area (TPSA) is 78.7 Å². The quantitative estimate of drug-likeness (QED) is 0.298. The molecule has 0 saturated carbocycles. The monoisotopic (exact) mass is 423 g/mol. The van der Waals surface area contributed by atoms with Gasteiger partial charge in [0.2, 0.25) is 0 Å². The first kappa shape index (κ1) is 18.8. The van der Waals surface area contributed by atoms with E-state index in [1.54, 1.807) is 12.1 Å². The summed E-state index contributed by atoms with van der Waals surface area (Å²) in [4.78, 5) is 22.0. The van der Waals surface area contributed by atoms with Crippen molar-refractivity contribution in [3.63, 3.8) is 0 Å². The van der Waals surface area contributed by atoms with E-state index >= 15 is 0 Å². The van der Waals surface area contributed by atoms with E-state index in [9.17, 15) is 14.9 Å². The van der Waals surface area contributed by atoms with Crippen LogP contribution < -0.4 is 4.74 Å². The van der Waals surface area contributed by atoms with Gasteiger partial charge < -0.3 is 9.47 Å². The SMILES string of the molecule is C#CCOC(=O)c1cc(Cl)c(OCc2ccc([N+](=O)[O-])cc2)c(Br)c1. The van der Waals surface area contributed by atoms with Crippen molar-refractivity contribution in [1.29, 1.82) is 0 Å². The van der Waals surface area contributed by atoms with Gasteiger partial charge >= 0.3 is 5.97 Å². The van der Waals surface area contributed by atoms with Crippen molar-refractivity contribution in [1.82, 2.24) is 0 Å². The highest BCUT2D eigenvalue weighted by Gasteiger charge is 2.15. The van der Waals surface area contributed by atoms with Gasteiger partial charge in [0.1, 0.15) is 6.61 Å². The molecule has 0 heterocycles. The molecule has 0 aliphatic carbocycles. The molecular weight excluding hydrogens is 414 g/mol. The zero-order valence-corrected chi connectivity index (χ0v) is 15.0. The number of carbonyl (C=O) groups is 1. The van der Waals surface area contributed by atoms with Crippen LogP contribution in [0.5, 0.6) is 5.75 Å². The van der Waals surface area contributed by atoms with Gasteiger partial charge in [0, 0.05) is 12.1 Å². The average molecular weight is 425 g/mol. The summed E-state index contributed by atoms with van der Waals surface area (Å²) in [5, 5.41) is 10.8. The Balaban J connectivity index is 2.11. The van der Waals surface area contributed by atoms with E-state index < -0.39 is 10.9 Å². The molecule has 128 valence electrons. The van der Waals surface area contributed by atoms with Gasteiger partial charge in [0.15, 0.2) is 12.4 Å². The number of nitrogens with zero attached hydrogens (tertiary/aromatic N) is 1. The fourth-order valence-electron chi connectivity index (χ4n) is 1.88. The van der Waals surface area contributed by atoms with E-state index in [2.05, 4.69) is 21.9 Å². The van der Waals surface area contributed by atoms with E-state index in [4.69, 9.17) is 27.5 Å². The molecule has 0 N–H and O–H groups in total. The minimum absolute atomic E-state index is 0.00204. The molecule has 8 heteroatoms. The first-order valence-electron chi connectivity index (χ1n) is 6.88. The minimum atomic E-state index is -0.595. The highest BCUT2D eigenvalue weighted by molar-refractivity contribution is 9.10. The Bertz CT molecular complexity index is 822. The van der Waals surface area contributed by atoms with Crippen LogP contribution in [0.3, 0.4) is 0 Å². The summed E-state index contributed by atoms with van der Waals surface area (Å²) < 4.78 is 10.9. The lowest BCUT2D eigenvalue weighted by atomic mass is 10.2. The van der Waals surface area contributed by atoms with Gasteiger partial charge in [-0.2, -0.15) is 0 Å². The maximum absolute atomic E-state index is 11.8. The Morgan fingerprint density at radius 3 is 2.56 bits per heavy atom. The third-order valence-corrected chi connectivity index (χ3v) is 3.92. The normalized spacial score (nSPS) is 9.96. The molecule has 25 heavy (non-hydrogen) atoms. The van der Waals surface area contributed by atoms with E-state index in [-0.39, 0.29) is 29.5 Å². The molecule has 0 amide bonds. The van der Waals surface area contributed by atoms with Crippen LogP contribution in [0, 0.1) is 22.5 Å². The van der Waals surface area contributed by atoms with Crippen molar-refractivity contribution < 1.29 is 19.2 Å². The second-order valence-electron chi connectivity index (χ2n) is 4.76. The van der Waals surface area contributed by atoms with Gasteiger partial charge in [-0.15, -0.1) is 6.42 Å². The zero-order chi connectivity index (χ0) is 18.4. The fraction of sp³-hybridized carbons (Fsp3) is 0.118. The molecule has 2 aromatic rings. The smallest absolute Gasteiger partial charge is 0.339 e. The lowest BCUT2D eigenvalue weighted by molar-refractivity contribution is -0.384. The van der Waals surface area contributed by atoms with Gasteiger partial charge in [-0.25, -0.2) is 4.79 Å². The molecule has 0 radical (unpaired) electrons. The molecule has 0 aromatic heterocycles. The maximum atomic E-state index is 11.8. The third-order valence-electron chi connectivity index (χ3n) is 3.05. The molecule has 0 spiro atoms. The number of nitro groups is 1. The molecule has 6 nitrogen and oxygen atoms in total. The lowest BCUT2D eigenvalue weighted by Crippen LogP contribution is -2.06. The molecule has 0 bridgehead atoms. The summed E-state index contributed by atoms with van der Waals surface area (Å²) in [5.41, 5.74) is 0.957. The van der Waals surface area contributed by atoms with E-state index in [1.165, 1.54) is 24.3 Å². The Hall–Kier alpha value is -2.56. The van der Waals surface area contributed by atoms with Crippen LogP contribution in [-0.4, -0.2) is 17.5 Å². The summed E-state index contributed by atoms with van der Waals surface area (Å²) in [6, 6.07) is 8.88. The molecule has 0 aliphatic heterocycles. The van der Waals surface area contributed by atoms with Crippen molar-refractivity contribution in [3.05, 3.63) is 67.1 Å². The molecule has 0 fully saturated rings. The number of hydrogen-bond donors (Lipinski definition) is 0. The Labute approximate surface area is 157 Å². The first-order valence-corrected chi connectivity index (χ1v) is 8.05. The van der Waals surface area contributed by atoms with Crippen LogP contribution >= 0.6 is 27.5 Å². The van der Waals surface area contributed by atoms with E-state index in [0.29, 0.717) is 10.2 Å². The average Bonchev–Trinajstić information content (AvgIpc) is 2.59. The lowest BCUT2D eigenvalue weighted by Gasteiger charge is -2.12. The summed E-state index contributed by atoms with van der Waals surface area (Å²) in [6.07, 6.45) is 5.04. The largest absolute Gasteiger partial charge is 0.486 e. The van der Waals surface area contributed by atoms with Gasteiger partial charge in [0.05, 0.1) is 20.0 Å². The number of benzene rings is 2. The van der Waals surface area contributed by atoms with Crippen LogP contribution in [0.1, 0.15) is 15.9 Å². The molecule has 0 saturated heterocycles. The van der Waals surface area contributed by atoms with Crippen molar-refractivity contribution in [2.24, 2.45) is 0 Å². The summed E-state index contributed by atoms with van der Waals surface area (Å²) in [6.45, 7) is 0.0175. The van der Waals surface area contributed by atoms with Crippen molar-refractivity contribution >= 4 is 39.2 Å². The van der Waals surface area contributed by atoms with Crippen LogP contribution in [-0.2, 0) is 11.3 Å². The zero-order valence-electron chi connectivity index (χ0n) is 12.7. The number of esters is 1. The number of terminal acetylenes is 1. The Morgan fingerprint density at radius 1 is 1.32 bits per heavy atom. The predicted molar refractivity (Wildman–Crippen MR) is 95.7 cm³/mol. The number of carbonyl (C=O) groups excluding carboxylic acids is 1. The number of non-ortho nitro benzene ring substituents is 1.